The minimum atomic E-state index is -0.653. The van der Waals surface area contributed by atoms with Crippen molar-refractivity contribution in [3.63, 3.8) is 0 Å². The van der Waals surface area contributed by atoms with Crippen LogP contribution in [0, 0.1) is 5.92 Å². The molecule has 4 unspecified atom stereocenters. The number of carbonyl (C=O) groups is 3. The largest absolute Gasteiger partial charge is 0.500 e. The van der Waals surface area contributed by atoms with Crippen molar-refractivity contribution < 1.29 is 33.3 Å². The van der Waals surface area contributed by atoms with Crippen molar-refractivity contribution in [3.8, 4) is 5.75 Å². The number of methoxy groups -OCH3 is 1. The highest BCUT2D eigenvalue weighted by Gasteiger charge is 2.49. The fourth-order valence-electron chi connectivity index (χ4n) is 4.41. The van der Waals surface area contributed by atoms with Crippen molar-refractivity contribution in [1.82, 2.24) is 15.7 Å². The number of urea groups is 1. The van der Waals surface area contributed by atoms with Crippen LogP contribution in [0.5, 0.6) is 5.75 Å². The molecule has 0 radical (unpaired) electrons. The Balaban J connectivity index is 2.04. The topological polar surface area (TPSA) is 109 Å². The Morgan fingerprint density at radius 1 is 1.25 bits per heavy atom. The van der Waals surface area contributed by atoms with Crippen molar-refractivity contribution in [1.29, 1.82) is 0 Å². The molecule has 1 aromatic rings. The Hall–Kier alpha value is -2.82. The normalized spacial score (nSPS) is 25.5. The van der Waals surface area contributed by atoms with Gasteiger partial charge in [-0.25, -0.2) is 4.79 Å². The van der Waals surface area contributed by atoms with Gasteiger partial charge >= 0.3 is 11.9 Å². The van der Waals surface area contributed by atoms with Gasteiger partial charge in [0.25, 0.3) is 0 Å². The van der Waals surface area contributed by atoms with Crippen LogP contribution < -0.4 is 15.5 Å². The Bertz CT molecular complexity index is 981. The van der Waals surface area contributed by atoms with E-state index in [4.69, 9.17) is 14.3 Å². The van der Waals surface area contributed by atoms with E-state index in [0.717, 1.165) is 5.56 Å². The van der Waals surface area contributed by atoms with Gasteiger partial charge in [-0.3, -0.25) is 9.63 Å². The summed E-state index contributed by atoms with van der Waals surface area (Å²) in [6, 6.07) is 6.07. The molecular weight excluding hydrogens is 464 g/mol. The number of ether oxygens (including phenoxy) is 2. The van der Waals surface area contributed by atoms with Gasteiger partial charge in [-0.2, -0.15) is 19.8 Å². The van der Waals surface area contributed by atoms with Crippen LogP contribution in [0.4, 0.5) is 4.79 Å². The zero-order valence-electron chi connectivity index (χ0n) is 22.0. The number of nitrogens with zero attached hydrogens (tertiary/aromatic N) is 2. The standard InChI is InChI=1S/C26H38N4O6/c1-7-10-24(31)27-21-14-30-25(32)20(17(4)28-36-16(2)3)13-29(26(30)33)15-23(35-18(21)5)19-11-8-9-12-22(19)34-6/h8-9,11-13,16-18,20-21,23,28H,7,10,14-15H2,1-6H3/p+1/t17?,18?,20?,21-,23?/m1/s1. The number of benzene rings is 1. The van der Waals surface area contributed by atoms with E-state index in [2.05, 4.69) is 10.8 Å². The number of nitrogens with one attached hydrogen (secondary N) is 2. The lowest BCUT2D eigenvalue weighted by molar-refractivity contribution is -0.450. The second kappa shape index (κ2) is 12.4. The fraction of sp³-hybridized carbons (Fsp3) is 0.615. The zero-order valence-corrected chi connectivity index (χ0v) is 22.0. The molecule has 5 atom stereocenters. The lowest BCUT2D eigenvalue weighted by Gasteiger charge is -2.29. The maximum absolute atomic E-state index is 13.5. The fourth-order valence-corrected chi connectivity index (χ4v) is 4.41. The molecule has 198 valence electrons. The van der Waals surface area contributed by atoms with E-state index >= 15 is 0 Å². The molecule has 1 fully saturated rings. The molecule has 2 aliphatic heterocycles. The summed E-state index contributed by atoms with van der Waals surface area (Å²) < 4.78 is 13.6. The maximum Gasteiger partial charge on any atom is 0.500 e. The van der Waals surface area contributed by atoms with E-state index in [9.17, 15) is 14.4 Å². The van der Waals surface area contributed by atoms with E-state index in [1.807, 2.05) is 58.9 Å². The molecule has 10 nitrogen and oxygen atoms in total. The van der Waals surface area contributed by atoms with Gasteiger partial charge < -0.3 is 14.8 Å². The first kappa shape index (κ1) is 27.8. The van der Waals surface area contributed by atoms with Crippen LogP contribution in [0.3, 0.4) is 0 Å². The smallest absolute Gasteiger partial charge is 0.496 e. The van der Waals surface area contributed by atoms with Crippen molar-refractivity contribution in [2.75, 3.05) is 20.2 Å². The number of fused-ring (bicyclic) bond motifs is 2. The first-order valence-corrected chi connectivity index (χ1v) is 12.6. The molecule has 0 saturated carbocycles. The van der Waals surface area contributed by atoms with E-state index in [-0.39, 0.29) is 31.0 Å². The molecule has 2 N–H and O–H groups in total. The van der Waals surface area contributed by atoms with Gasteiger partial charge in [0.1, 0.15) is 30.9 Å². The Kier molecular flexibility index (Phi) is 9.58. The van der Waals surface area contributed by atoms with Gasteiger partial charge in [0, 0.05) is 12.0 Å². The predicted octanol–water partition coefficient (Wildman–Crippen LogP) is 2.42. The second-order valence-electron chi connectivity index (χ2n) is 9.63. The van der Waals surface area contributed by atoms with Gasteiger partial charge in [0.2, 0.25) is 5.91 Å². The van der Waals surface area contributed by atoms with Crippen LogP contribution in [0.15, 0.2) is 24.3 Å². The van der Waals surface area contributed by atoms with Gasteiger partial charge in [-0.1, -0.05) is 25.1 Å². The molecule has 0 aliphatic carbocycles. The number of imide groups is 1. The quantitative estimate of drug-likeness (QED) is 0.393. The van der Waals surface area contributed by atoms with E-state index in [1.54, 1.807) is 13.3 Å². The lowest BCUT2D eigenvalue weighted by Crippen LogP contribution is -2.59. The SMILES string of the molecule is CCCC(=O)N[C@@H]1CN2C(=O)C(C(C)NOC(C)C)C=[N+](CC(c3ccccc3OC)OC1C)C2=O. The number of amides is 4. The number of hydrogen-bond donors (Lipinski definition) is 2. The summed E-state index contributed by atoms with van der Waals surface area (Å²) in [6.07, 6.45) is 1.56. The molecule has 4 amide bonds. The van der Waals surface area contributed by atoms with E-state index < -0.39 is 36.2 Å². The molecule has 3 rings (SSSR count). The lowest BCUT2D eigenvalue weighted by atomic mass is 9.99. The number of para-hydroxylation sites is 1. The molecule has 1 aromatic carbocycles. The third kappa shape index (κ3) is 6.48. The first-order chi connectivity index (χ1) is 17.2. The van der Waals surface area contributed by atoms with Crippen molar-refractivity contribution in [3.05, 3.63) is 29.8 Å². The van der Waals surface area contributed by atoms with Crippen molar-refractivity contribution in [2.24, 2.45) is 5.92 Å². The van der Waals surface area contributed by atoms with Crippen LogP contribution in [-0.4, -0.2) is 78.0 Å². The minimum absolute atomic E-state index is 0.00549. The average molecular weight is 504 g/mol. The Morgan fingerprint density at radius 3 is 2.64 bits per heavy atom. The molecule has 2 aliphatic rings. The van der Waals surface area contributed by atoms with Crippen LogP contribution in [0.1, 0.15) is 59.1 Å². The van der Waals surface area contributed by atoms with Gasteiger partial charge in [0.05, 0.1) is 37.6 Å². The predicted molar refractivity (Wildman–Crippen MR) is 134 cm³/mol. The minimum Gasteiger partial charge on any atom is -0.496 e. The Labute approximate surface area is 212 Å². The monoisotopic (exact) mass is 503 g/mol. The van der Waals surface area contributed by atoms with Gasteiger partial charge in [-0.15, -0.1) is 0 Å². The summed E-state index contributed by atoms with van der Waals surface area (Å²) in [7, 11) is 1.59. The zero-order chi connectivity index (χ0) is 26.4. The highest BCUT2D eigenvalue weighted by molar-refractivity contribution is 6.04. The van der Waals surface area contributed by atoms with Crippen LogP contribution >= 0.6 is 0 Å². The number of carbonyl (C=O) groups excluding carboxylic acids is 3. The average Bonchev–Trinajstić information content (AvgIpc) is 2.87. The number of rotatable bonds is 9. The van der Waals surface area contributed by atoms with Crippen molar-refractivity contribution in [2.45, 2.75) is 77.9 Å². The molecular formula is C26H39N4O6+. The van der Waals surface area contributed by atoms with Crippen LogP contribution in [0.2, 0.25) is 0 Å². The third-order valence-corrected chi connectivity index (χ3v) is 6.39. The summed E-state index contributed by atoms with van der Waals surface area (Å²) in [5, 5.41) is 2.98. The molecule has 1 saturated heterocycles. The molecule has 0 spiro atoms. The summed E-state index contributed by atoms with van der Waals surface area (Å²) in [6.45, 7) is 9.56. The van der Waals surface area contributed by atoms with Crippen LogP contribution in [-0.2, 0) is 19.2 Å². The van der Waals surface area contributed by atoms with Gasteiger partial charge in [-0.05, 0) is 40.2 Å². The second-order valence-corrected chi connectivity index (χ2v) is 9.63. The molecule has 2 bridgehead atoms. The molecule has 36 heavy (non-hydrogen) atoms. The number of hydroxylamine groups is 1. The highest BCUT2D eigenvalue weighted by Crippen LogP contribution is 2.31. The van der Waals surface area contributed by atoms with E-state index in [0.29, 0.717) is 18.6 Å². The Morgan fingerprint density at radius 2 is 1.97 bits per heavy atom. The molecule has 2 heterocycles. The summed E-state index contributed by atoms with van der Waals surface area (Å²) >= 11 is 0. The van der Waals surface area contributed by atoms with Crippen LogP contribution in [0.25, 0.3) is 0 Å². The summed E-state index contributed by atoms with van der Waals surface area (Å²) in [5.41, 5.74) is 3.71. The number of hydrogen-bond acceptors (Lipinski definition) is 7. The summed E-state index contributed by atoms with van der Waals surface area (Å²) in [4.78, 5) is 46.3. The molecule has 10 heteroatoms. The third-order valence-electron chi connectivity index (χ3n) is 6.39. The van der Waals surface area contributed by atoms with Crippen molar-refractivity contribution >= 4 is 24.1 Å². The molecule has 0 aromatic heterocycles. The van der Waals surface area contributed by atoms with Gasteiger partial charge in [0.15, 0.2) is 0 Å². The summed E-state index contributed by atoms with van der Waals surface area (Å²) in [5.74, 6) is -0.514. The maximum atomic E-state index is 13.5. The highest BCUT2D eigenvalue weighted by atomic mass is 16.7. The van der Waals surface area contributed by atoms with E-state index in [1.165, 1.54) is 9.48 Å². The first-order valence-electron chi connectivity index (χ1n) is 12.6.